The molecule has 0 amide bonds. The van der Waals surface area contributed by atoms with Crippen molar-refractivity contribution in [3.8, 4) is 0 Å². The predicted molar refractivity (Wildman–Crippen MR) is 134 cm³/mol. The first-order valence-corrected chi connectivity index (χ1v) is 11.1. The molecule has 0 N–H and O–H groups in total. The lowest BCUT2D eigenvalue weighted by Crippen LogP contribution is -2.18. The average molecular weight is 407 g/mol. The molecule has 2 heterocycles. The summed E-state index contributed by atoms with van der Waals surface area (Å²) in [7, 11) is 0. The molecule has 4 rings (SSSR count). The second-order valence-corrected chi connectivity index (χ2v) is 8.26. The Morgan fingerprint density at radius 2 is 1.71 bits per heavy atom. The fourth-order valence-electron chi connectivity index (χ4n) is 4.50. The maximum atomic E-state index is 5.10. The number of aliphatic imine (C=N–C) groups is 2. The first kappa shape index (κ1) is 21.0. The molecule has 2 heteroatoms. The van der Waals surface area contributed by atoms with E-state index in [1.807, 2.05) is 12.2 Å². The monoisotopic (exact) mass is 406 g/mol. The lowest BCUT2D eigenvalue weighted by atomic mass is 9.80. The molecule has 0 radical (unpaired) electrons. The van der Waals surface area contributed by atoms with Gasteiger partial charge in [-0.15, -0.1) is 0 Å². The zero-order valence-electron chi connectivity index (χ0n) is 18.5. The van der Waals surface area contributed by atoms with Crippen molar-refractivity contribution in [1.82, 2.24) is 0 Å². The molecule has 2 aliphatic carbocycles. The van der Waals surface area contributed by atoms with E-state index in [2.05, 4.69) is 87.3 Å². The lowest BCUT2D eigenvalue weighted by molar-refractivity contribution is 0.667. The summed E-state index contributed by atoms with van der Waals surface area (Å²) in [6, 6.07) is 0. The summed E-state index contributed by atoms with van der Waals surface area (Å²) < 4.78 is 0. The van der Waals surface area contributed by atoms with Crippen LogP contribution < -0.4 is 0 Å². The third kappa shape index (κ3) is 4.91. The maximum absolute atomic E-state index is 5.10. The van der Waals surface area contributed by atoms with E-state index >= 15 is 0 Å². The molecule has 0 saturated heterocycles. The molecule has 0 aromatic carbocycles. The SMILES string of the molecule is C=C/C=C\C=C\C1=CC(C)=NCC2=C1CCC1=CC(C3C=CC=CC=C3)C=C(C)N=C12. The van der Waals surface area contributed by atoms with Crippen LogP contribution in [0.15, 0.2) is 130 Å². The number of hydrogen-bond donors (Lipinski definition) is 0. The molecule has 0 saturated carbocycles. The molecular weight excluding hydrogens is 376 g/mol. The molecule has 0 bridgehead atoms. The molecule has 2 nitrogen and oxygen atoms in total. The van der Waals surface area contributed by atoms with Crippen LogP contribution in [0.2, 0.25) is 0 Å². The van der Waals surface area contributed by atoms with Crippen LogP contribution >= 0.6 is 0 Å². The molecule has 0 spiro atoms. The van der Waals surface area contributed by atoms with Crippen molar-refractivity contribution in [3.05, 3.63) is 120 Å². The van der Waals surface area contributed by atoms with Gasteiger partial charge in [0.25, 0.3) is 0 Å². The van der Waals surface area contributed by atoms with Crippen molar-refractivity contribution in [1.29, 1.82) is 0 Å². The van der Waals surface area contributed by atoms with E-state index < -0.39 is 0 Å². The number of rotatable bonds is 4. The zero-order valence-corrected chi connectivity index (χ0v) is 18.5. The summed E-state index contributed by atoms with van der Waals surface area (Å²) in [5.41, 5.74) is 8.54. The highest BCUT2D eigenvalue weighted by Gasteiger charge is 2.28. The fraction of sp³-hybridized carbons (Fsp3) is 0.241. The van der Waals surface area contributed by atoms with E-state index in [-0.39, 0.29) is 0 Å². The van der Waals surface area contributed by atoms with Gasteiger partial charge in [0.15, 0.2) is 0 Å². The Labute approximate surface area is 186 Å². The van der Waals surface area contributed by atoms with Gasteiger partial charge in [0, 0.05) is 28.8 Å². The van der Waals surface area contributed by atoms with Gasteiger partial charge in [-0.2, -0.15) is 0 Å². The standard InChI is InChI=1S/C29H30N2/c1-4-5-6-9-14-24-17-21(2)30-20-28-27(24)16-15-25-19-26(18-22(3)31-29(25)28)23-12-10-7-8-11-13-23/h4-14,17-19,23,26H,1,15-16,20H2,2-3H3/b6-5-,14-9+. The van der Waals surface area contributed by atoms with Crippen molar-refractivity contribution in [2.45, 2.75) is 26.7 Å². The van der Waals surface area contributed by atoms with Crippen LogP contribution in [-0.2, 0) is 0 Å². The van der Waals surface area contributed by atoms with Gasteiger partial charge < -0.3 is 0 Å². The Morgan fingerprint density at radius 3 is 2.48 bits per heavy atom. The summed E-state index contributed by atoms with van der Waals surface area (Å²) in [4.78, 5) is 9.93. The maximum Gasteiger partial charge on any atom is 0.0715 e. The zero-order chi connectivity index (χ0) is 21.6. The van der Waals surface area contributed by atoms with Crippen molar-refractivity contribution >= 4 is 11.4 Å². The number of allylic oxidation sites excluding steroid dienone is 18. The topological polar surface area (TPSA) is 24.7 Å². The summed E-state index contributed by atoms with van der Waals surface area (Å²) in [6.07, 6.45) is 32.1. The van der Waals surface area contributed by atoms with Crippen molar-refractivity contribution in [2.75, 3.05) is 6.54 Å². The van der Waals surface area contributed by atoms with Gasteiger partial charge in [-0.25, -0.2) is 0 Å². The van der Waals surface area contributed by atoms with E-state index in [0.717, 1.165) is 30.0 Å². The minimum Gasteiger partial charge on any atom is -0.285 e. The highest BCUT2D eigenvalue weighted by atomic mass is 14.8. The lowest BCUT2D eigenvalue weighted by Gasteiger charge is -2.24. The molecule has 0 fully saturated rings. The van der Waals surface area contributed by atoms with Crippen LogP contribution in [0.3, 0.4) is 0 Å². The quantitative estimate of drug-likeness (QED) is 0.450. The normalized spacial score (nSPS) is 23.9. The third-order valence-electron chi connectivity index (χ3n) is 5.99. The first-order chi connectivity index (χ1) is 15.2. The molecule has 4 aliphatic rings. The van der Waals surface area contributed by atoms with Crippen molar-refractivity contribution in [2.24, 2.45) is 21.8 Å². The smallest absolute Gasteiger partial charge is 0.0715 e. The molecule has 2 aliphatic heterocycles. The van der Waals surface area contributed by atoms with Gasteiger partial charge in [0.1, 0.15) is 0 Å². The highest BCUT2D eigenvalue weighted by Crippen LogP contribution is 2.37. The van der Waals surface area contributed by atoms with Gasteiger partial charge in [0.2, 0.25) is 0 Å². The summed E-state index contributed by atoms with van der Waals surface area (Å²) in [6.45, 7) is 8.64. The fourth-order valence-corrected chi connectivity index (χ4v) is 4.50. The molecular formula is C29H30N2. The molecule has 1 atom stereocenters. The van der Waals surface area contributed by atoms with Crippen LogP contribution in [-0.4, -0.2) is 18.0 Å². The predicted octanol–water partition coefficient (Wildman–Crippen LogP) is 6.98. The van der Waals surface area contributed by atoms with E-state index in [1.54, 1.807) is 6.08 Å². The van der Waals surface area contributed by atoms with Crippen LogP contribution in [0, 0.1) is 11.8 Å². The number of fused-ring (bicyclic) bond motifs is 2. The van der Waals surface area contributed by atoms with Crippen LogP contribution in [0.5, 0.6) is 0 Å². The molecule has 31 heavy (non-hydrogen) atoms. The summed E-state index contributed by atoms with van der Waals surface area (Å²) in [5.74, 6) is 0.674. The van der Waals surface area contributed by atoms with E-state index in [1.165, 1.54) is 22.3 Å². The van der Waals surface area contributed by atoms with E-state index in [9.17, 15) is 0 Å². The number of nitrogens with zero attached hydrogens (tertiary/aromatic N) is 2. The largest absolute Gasteiger partial charge is 0.285 e. The highest BCUT2D eigenvalue weighted by molar-refractivity contribution is 6.16. The second kappa shape index (κ2) is 9.70. The first-order valence-electron chi connectivity index (χ1n) is 11.1. The van der Waals surface area contributed by atoms with Crippen LogP contribution in [0.1, 0.15) is 26.7 Å². The van der Waals surface area contributed by atoms with Crippen LogP contribution in [0.25, 0.3) is 0 Å². The Bertz CT molecular complexity index is 1070. The number of hydrogen-bond acceptors (Lipinski definition) is 2. The second-order valence-electron chi connectivity index (χ2n) is 8.26. The minimum absolute atomic E-state index is 0.320. The minimum atomic E-state index is 0.320. The van der Waals surface area contributed by atoms with Crippen molar-refractivity contribution in [3.63, 3.8) is 0 Å². The van der Waals surface area contributed by atoms with Gasteiger partial charge in [-0.05, 0) is 49.5 Å². The Hall–Kier alpha value is -3.26. The molecule has 0 aromatic rings. The molecule has 0 aromatic heterocycles. The van der Waals surface area contributed by atoms with Gasteiger partial charge >= 0.3 is 0 Å². The summed E-state index contributed by atoms with van der Waals surface area (Å²) >= 11 is 0. The molecule has 156 valence electrons. The summed E-state index contributed by atoms with van der Waals surface area (Å²) in [5, 5.41) is 0. The van der Waals surface area contributed by atoms with Gasteiger partial charge in [0.05, 0.1) is 12.3 Å². The Morgan fingerprint density at radius 1 is 0.903 bits per heavy atom. The van der Waals surface area contributed by atoms with Crippen molar-refractivity contribution < 1.29 is 0 Å². The van der Waals surface area contributed by atoms with Gasteiger partial charge in [-0.1, -0.05) is 85.6 Å². The molecule has 1 unspecified atom stereocenters. The Kier molecular flexibility index (Phi) is 6.57. The Balaban J connectivity index is 1.72. The van der Waals surface area contributed by atoms with Gasteiger partial charge in [-0.3, -0.25) is 9.98 Å². The van der Waals surface area contributed by atoms with Crippen LogP contribution in [0.4, 0.5) is 0 Å². The third-order valence-corrected chi connectivity index (χ3v) is 5.99. The van der Waals surface area contributed by atoms with E-state index in [0.29, 0.717) is 18.4 Å². The average Bonchev–Trinajstić information content (AvgIpc) is 3.18. The van der Waals surface area contributed by atoms with E-state index in [4.69, 9.17) is 9.98 Å².